The molecule has 8 aromatic carbocycles. The summed E-state index contributed by atoms with van der Waals surface area (Å²) >= 11 is 0. The fraction of sp³-hybridized carbons (Fsp3) is 0.474. The maximum atomic E-state index is 14.4. The molecule has 0 aliphatic carbocycles. The van der Waals surface area contributed by atoms with Crippen molar-refractivity contribution in [2.45, 2.75) is 268 Å². The molecule has 1 amide bonds. The van der Waals surface area contributed by atoms with Gasteiger partial charge < -0.3 is 100 Å². The molecule has 6 heterocycles. The van der Waals surface area contributed by atoms with Crippen LogP contribution >= 0.6 is 0 Å². The Hall–Kier alpha value is -8.06. The van der Waals surface area contributed by atoms with Crippen LogP contribution in [0, 0.1) is 5.92 Å². The van der Waals surface area contributed by atoms with Crippen LogP contribution in [0.25, 0.3) is 0 Å². The lowest BCUT2D eigenvalue weighted by atomic mass is 9.91. The van der Waals surface area contributed by atoms with Gasteiger partial charge in [0.2, 0.25) is 5.91 Å². The van der Waals surface area contributed by atoms with Gasteiger partial charge in [-0.2, -0.15) is 0 Å². The summed E-state index contributed by atoms with van der Waals surface area (Å²) in [6.07, 6.45) is -22.8. The van der Waals surface area contributed by atoms with E-state index in [2.05, 4.69) is 5.32 Å². The molecule has 0 bridgehead atoms. The first-order valence-electron chi connectivity index (χ1n) is 41.3. The van der Waals surface area contributed by atoms with E-state index in [1.54, 1.807) is 13.8 Å². The minimum absolute atomic E-state index is 0.0300. The first kappa shape index (κ1) is 86.3. The Morgan fingerprint density at radius 3 is 1.13 bits per heavy atom. The second kappa shape index (κ2) is 42.0. The van der Waals surface area contributed by atoms with Gasteiger partial charge in [-0.3, -0.25) is 9.59 Å². The van der Waals surface area contributed by atoms with Crippen molar-refractivity contribution in [2.24, 2.45) is 5.92 Å². The molecule has 6 fully saturated rings. The van der Waals surface area contributed by atoms with Crippen molar-refractivity contribution in [2.75, 3.05) is 13.2 Å². The summed E-state index contributed by atoms with van der Waals surface area (Å²) in [5, 5.41) is 3.19. The molecular weight excluding hydrogens is 1510 g/mol. The van der Waals surface area contributed by atoms with Gasteiger partial charge in [-0.1, -0.05) is 250 Å². The minimum atomic E-state index is -1.48. The normalized spacial score (nSPS) is 32.1. The van der Waals surface area contributed by atoms with Crippen LogP contribution in [0.1, 0.15) is 107 Å². The lowest BCUT2D eigenvalue weighted by molar-refractivity contribution is -0.409. The first-order valence-corrected chi connectivity index (χ1v) is 41.3. The van der Waals surface area contributed by atoms with E-state index in [1.165, 1.54) is 13.8 Å². The average Bonchev–Trinajstić information content (AvgIpc) is 0.750. The van der Waals surface area contributed by atoms with Gasteiger partial charge >= 0.3 is 5.97 Å². The third-order valence-corrected chi connectivity index (χ3v) is 22.3. The number of amides is 1. The molecule has 118 heavy (non-hydrogen) atoms. The molecular formula is C95H113NO22. The van der Waals surface area contributed by atoms with Crippen molar-refractivity contribution < 1.29 is 104 Å². The monoisotopic (exact) mass is 1620 g/mol. The highest BCUT2D eigenvalue weighted by atomic mass is 16.8. The maximum Gasteiger partial charge on any atom is 0.303 e. The Bertz CT molecular complexity index is 4290. The summed E-state index contributed by atoms with van der Waals surface area (Å²) < 4.78 is 142. The van der Waals surface area contributed by atoms with E-state index in [-0.39, 0.29) is 59.5 Å². The van der Waals surface area contributed by atoms with Gasteiger partial charge in [0.1, 0.15) is 85.4 Å². The lowest BCUT2D eigenvalue weighted by Crippen LogP contribution is -2.72. The molecule has 0 aromatic heterocycles. The minimum Gasteiger partial charge on any atom is -0.454 e. The molecule has 6 saturated heterocycles. The van der Waals surface area contributed by atoms with E-state index in [9.17, 15) is 9.59 Å². The number of hydrogen-bond donors (Lipinski definition) is 1. The number of carbonyl (C=O) groups is 2. The van der Waals surface area contributed by atoms with Crippen LogP contribution in [-0.4, -0.2) is 178 Å². The van der Waals surface area contributed by atoms with E-state index in [1.807, 2.05) is 277 Å². The van der Waals surface area contributed by atoms with Crippen LogP contribution in [-0.2, 0) is 157 Å². The van der Waals surface area contributed by atoms with Gasteiger partial charge in [0.05, 0.1) is 96.6 Å². The zero-order valence-corrected chi connectivity index (χ0v) is 68.6. The second-order valence-corrected chi connectivity index (χ2v) is 31.7. The Morgan fingerprint density at radius 1 is 0.347 bits per heavy atom. The molecule has 14 rings (SSSR count). The number of hydrogen-bond acceptors (Lipinski definition) is 22. The van der Waals surface area contributed by atoms with Crippen LogP contribution in [0.4, 0.5) is 0 Å². The third kappa shape index (κ3) is 22.9. The van der Waals surface area contributed by atoms with Crippen molar-refractivity contribution in [3.8, 4) is 0 Å². The number of benzene rings is 8. The second-order valence-electron chi connectivity index (χ2n) is 31.7. The predicted octanol–water partition coefficient (Wildman–Crippen LogP) is 13.8. The van der Waals surface area contributed by atoms with Gasteiger partial charge in [0, 0.05) is 19.8 Å². The molecule has 0 radical (unpaired) electrons. The molecule has 0 saturated carbocycles. The smallest absolute Gasteiger partial charge is 0.303 e. The average molecular weight is 1620 g/mol. The van der Waals surface area contributed by atoms with Crippen molar-refractivity contribution in [1.29, 1.82) is 0 Å². The quantitative estimate of drug-likeness (QED) is 0.0364. The highest BCUT2D eigenvalue weighted by Gasteiger charge is 2.61. The molecule has 23 heteroatoms. The van der Waals surface area contributed by atoms with Crippen LogP contribution in [0.5, 0.6) is 0 Å². The fourth-order valence-electron chi connectivity index (χ4n) is 16.4. The van der Waals surface area contributed by atoms with Gasteiger partial charge in [-0.25, -0.2) is 0 Å². The van der Waals surface area contributed by atoms with Gasteiger partial charge in [0.15, 0.2) is 37.1 Å². The van der Waals surface area contributed by atoms with Gasteiger partial charge in [-0.15, -0.1) is 0 Å². The standard InChI is InChI=1S/C95H113NO22/c1-60-78(100-51-68-36-20-11-21-37-68)79(101-52-69-38-22-12-23-39-69)62(3)109-91(60)116-88-81(103-54-71-42-26-14-27-43-71)63(4)110-94(90(88)111-66(7)98)115-85-77(96-65(6)97)92(112-76-59-107-95(8,9)118-84(76)85)114-82-64(5)108-61(2)80(102-53-70-40-24-13-25-41-70)87(82)117-93-89(106-57-74-48-32-17-33-49-74)86(105-56-73-46-30-16-31-47-73)83(104-55-72-44-28-15-29-45-72)75(113-93)58-99-50-67-34-18-10-19-35-67/h10-49,60-64,75-94H,50-59H2,1-9H3,(H,96,97)/t60?,61?,62?,63?,64-,75+,76?,77?,78-,79-,80-,81-,82?,83+,84-,85+,86?,87+,88+,89?,90?,91-,92-,93+,94-/m0/s1. The van der Waals surface area contributed by atoms with Crippen LogP contribution in [0.15, 0.2) is 243 Å². The predicted molar refractivity (Wildman–Crippen MR) is 434 cm³/mol. The number of nitrogens with one attached hydrogen (secondary N) is 1. The van der Waals surface area contributed by atoms with Gasteiger partial charge in [-0.05, 0) is 86.1 Å². The first-order chi connectivity index (χ1) is 57.4. The topological polar surface area (TPSA) is 231 Å². The number of rotatable bonds is 35. The molecule has 8 aromatic rings. The number of fused-ring (bicyclic) bond motifs is 1. The highest BCUT2D eigenvalue weighted by molar-refractivity contribution is 5.73. The third-order valence-electron chi connectivity index (χ3n) is 22.3. The number of esters is 1. The van der Waals surface area contributed by atoms with E-state index in [0.717, 1.165) is 44.5 Å². The summed E-state index contributed by atoms with van der Waals surface area (Å²) in [6.45, 7) is 17.5. The fourth-order valence-corrected chi connectivity index (χ4v) is 16.4. The van der Waals surface area contributed by atoms with E-state index >= 15 is 0 Å². The Labute approximate surface area is 692 Å². The molecule has 23 nitrogen and oxygen atoms in total. The summed E-state index contributed by atoms with van der Waals surface area (Å²) in [6, 6.07) is 77.9. The van der Waals surface area contributed by atoms with Crippen molar-refractivity contribution in [3.63, 3.8) is 0 Å². The SMILES string of the molecule is CC(=O)NC1[C@H](OC2[C@H](C)OC(C)[C@H](OCc3ccccc3)[C@H]2O[C@H]2O[C@H](COCc3ccccc3)[C@@H](OCc3ccccc3)C(OCc3ccccc3)C2OCc2ccccc2)OC2COC(C)(C)O[C@@H]2[C@@H]1O[C@@H]1OC(C)[C@H](OCc2ccccc2)[C@@H](O[C@@H]2OC(C)[C@H](OCc3ccccc3)[C@@H](OCc3ccccc3)C2C)C1OC(C)=O. The van der Waals surface area contributed by atoms with E-state index in [4.69, 9.17) is 94.7 Å². The van der Waals surface area contributed by atoms with Gasteiger partial charge in [0.25, 0.3) is 0 Å². The number of ether oxygens (including phenoxy) is 20. The largest absolute Gasteiger partial charge is 0.454 e. The summed E-state index contributed by atoms with van der Waals surface area (Å²) in [5.41, 5.74) is 7.40. The van der Waals surface area contributed by atoms with Crippen LogP contribution in [0.3, 0.4) is 0 Å². The molecule has 6 aliphatic heterocycles. The summed E-state index contributed by atoms with van der Waals surface area (Å²) in [5.74, 6) is -2.90. The Balaban J connectivity index is 0.826. The van der Waals surface area contributed by atoms with Crippen molar-refractivity contribution in [3.05, 3.63) is 287 Å². The Morgan fingerprint density at radius 2 is 0.686 bits per heavy atom. The highest BCUT2D eigenvalue weighted by Crippen LogP contribution is 2.43. The Kier molecular flexibility index (Phi) is 30.7. The lowest BCUT2D eigenvalue weighted by Gasteiger charge is -2.54. The molecule has 0 spiro atoms. The zero-order chi connectivity index (χ0) is 81.9. The van der Waals surface area contributed by atoms with Crippen molar-refractivity contribution in [1.82, 2.24) is 5.32 Å². The van der Waals surface area contributed by atoms with Crippen molar-refractivity contribution >= 4 is 11.9 Å². The molecule has 6 aliphatic rings. The summed E-state index contributed by atoms with van der Waals surface area (Å²) in [4.78, 5) is 28.5. The van der Waals surface area contributed by atoms with E-state index in [0.29, 0.717) is 6.61 Å². The molecule has 25 atom stereocenters. The molecule has 10 unspecified atom stereocenters. The zero-order valence-electron chi connectivity index (χ0n) is 68.6. The summed E-state index contributed by atoms with van der Waals surface area (Å²) in [7, 11) is 0. The number of carbonyl (C=O) groups excluding carboxylic acids is 2. The van der Waals surface area contributed by atoms with Crippen LogP contribution in [0.2, 0.25) is 0 Å². The maximum absolute atomic E-state index is 14.4. The van der Waals surface area contributed by atoms with Crippen LogP contribution < -0.4 is 5.32 Å². The van der Waals surface area contributed by atoms with E-state index < -0.39 is 171 Å². The molecule has 1 N–H and O–H groups in total. The molecule has 630 valence electrons.